The van der Waals surface area contributed by atoms with Crippen LogP contribution in [-0.2, 0) is 0 Å². The highest BCUT2D eigenvalue weighted by Crippen LogP contribution is 2.22. The van der Waals surface area contributed by atoms with Gasteiger partial charge in [-0.05, 0) is 24.3 Å². The molecule has 0 heterocycles. The zero-order valence-corrected chi connectivity index (χ0v) is 15.9. The number of rotatable bonds is 5. The van der Waals surface area contributed by atoms with Crippen LogP contribution in [0.15, 0.2) is 100 Å². The first-order valence-electron chi connectivity index (χ1n) is 8.80. The quantitative estimate of drug-likeness (QED) is 0.213. The number of azo groups is 1. The Morgan fingerprint density at radius 3 is 1.93 bits per heavy atom. The molecule has 0 aliphatic carbocycles. The highest BCUT2D eigenvalue weighted by atomic mass is 15.3. The van der Waals surface area contributed by atoms with Gasteiger partial charge in [0.05, 0.1) is 32.5 Å². The second-order valence-electron chi connectivity index (χ2n) is 7.01. The monoisotopic (exact) mass is 358 g/mol. The molecule has 1 N–H and O–H groups in total. The molecule has 0 radical (unpaired) electrons. The maximum absolute atomic E-state index is 4.44. The summed E-state index contributed by atoms with van der Waals surface area (Å²) < 4.78 is 0.759. The van der Waals surface area contributed by atoms with Crippen LogP contribution in [-0.4, -0.2) is 27.0 Å². The van der Waals surface area contributed by atoms with Gasteiger partial charge in [0.1, 0.15) is 5.69 Å². The van der Waals surface area contributed by atoms with Gasteiger partial charge in [0.2, 0.25) is 5.84 Å². The van der Waals surface area contributed by atoms with E-state index in [2.05, 4.69) is 54.0 Å². The molecule has 0 bridgehead atoms. The number of nitrogens with zero attached hydrogens (tertiary/aromatic N) is 4. The van der Waals surface area contributed by atoms with Crippen LogP contribution < -0.4 is 9.91 Å². The molecule has 0 fully saturated rings. The van der Waals surface area contributed by atoms with E-state index in [1.54, 1.807) is 0 Å². The first-order chi connectivity index (χ1) is 13.0. The Morgan fingerprint density at radius 2 is 1.33 bits per heavy atom. The molecule has 3 rings (SSSR count). The molecule has 3 aromatic carbocycles. The van der Waals surface area contributed by atoms with E-state index in [1.165, 1.54) is 5.69 Å². The van der Waals surface area contributed by atoms with Gasteiger partial charge in [0.15, 0.2) is 0 Å². The van der Waals surface area contributed by atoms with Crippen molar-refractivity contribution in [1.29, 1.82) is 0 Å². The van der Waals surface area contributed by atoms with Crippen LogP contribution in [0.25, 0.3) is 0 Å². The lowest BCUT2D eigenvalue weighted by Gasteiger charge is -2.23. The van der Waals surface area contributed by atoms with Crippen molar-refractivity contribution >= 4 is 22.9 Å². The fraction of sp³-hybridized carbons (Fsp3) is 0.136. The van der Waals surface area contributed by atoms with Gasteiger partial charge in [-0.15, -0.1) is 10.2 Å². The minimum absolute atomic E-state index is 0.523. The average Bonchev–Trinajstić information content (AvgIpc) is 2.69. The average molecular weight is 358 g/mol. The number of quaternary nitrogens is 1. The summed E-state index contributed by atoms with van der Waals surface area (Å²) in [6.45, 7) is 0. The lowest BCUT2D eigenvalue weighted by atomic mass is 10.2. The molecule has 3 aromatic rings. The Labute approximate surface area is 160 Å². The van der Waals surface area contributed by atoms with E-state index < -0.39 is 0 Å². The molecule has 0 spiro atoms. The van der Waals surface area contributed by atoms with E-state index in [0.29, 0.717) is 5.84 Å². The van der Waals surface area contributed by atoms with Gasteiger partial charge in [-0.3, -0.25) is 9.91 Å². The Morgan fingerprint density at radius 1 is 0.741 bits per heavy atom. The van der Waals surface area contributed by atoms with Crippen LogP contribution in [0.3, 0.4) is 0 Å². The Balaban J connectivity index is 1.84. The molecule has 0 aromatic heterocycles. The first kappa shape index (κ1) is 18.5. The van der Waals surface area contributed by atoms with E-state index in [0.717, 1.165) is 21.4 Å². The van der Waals surface area contributed by atoms with Gasteiger partial charge in [-0.25, -0.2) is 0 Å². The van der Waals surface area contributed by atoms with Crippen LogP contribution >= 0.6 is 0 Å². The third kappa shape index (κ3) is 5.33. The molecule has 0 atom stereocenters. The summed E-state index contributed by atoms with van der Waals surface area (Å²) in [7, 11) is 6.39. The standard InChI is InChI=1S/C22H24N5/c1-27(2,3)21-16-14-20(15-17-21)24-26-22(18-10-6-4-7-11-18)25-23-19-12-8-5-9-13-19/h4-17,23H,1-3H3/q+1/b25-22+,26-24?. The second-order valence-corrected chi connectivity index (χ2v) is 7.01. The predicted octanol–water partition coefficient (Wildman–Crippen LogP) is 5.44. The summed E-state index contributed by atoms with van der Waals surface area (Å²) in [6.07, 6.45) is 0. The number of hydrazone groups is 1. The largest absolute Gasteiger partial charge is 0.298 e. The molecule has 5 heteroatoms. The number of hydrogen-bond donors (Lipinski definition) is 1. The molecule has 0 unspecified atom stereocenters. The lowest BCUT2D eigenvalue weighted by Crippen LogP contribution is -2.34. The number of anilines is 1. The van der Waals surface area contributed by atoms with E-state index >= 15 is 0 Å². The van der Waals surface area contributed by atoms with Crippen molar-refractivity contribution in [3.05, 3.63) is 90.5 Å². The Kier molecular flexibility index (Phi) is 5.74. The summed E-state index contributed by atoms with van der Waals surface area (Å²) in [5.74, 6) is 0.523. The summed E-state index contributed by atoms with van der Waals surface area (Å²) in [5, 5.41) is 13.2. The number of benzene rings is 3. The highest BCUT2D eigenvalue weighted by molar-refractivity contribution is 5.99. The molecule has 5 nitrogen and oxygen atoms in total. The molecule has 0 saturated carbocycles. The van der Waals surface area contributed by atoms with Gasteiger partial charge in [-0.2, -0.15) is 5.10 Å². The first-order valence-corrected chi connectivity index (χ1v) is 8.80. The molecule has 0 amide bonds. The van der Waals surface area contributed by atoms with Crippen LogP contribution in [0.1, 0.15) is 5.56 Å². The molecule has 0 saturated heterocycles. The summed E-state index contributed by atoms with van der Waals surface area (Å²) in [5.41, 5.74) is 6.83. The Bertz CT molecular complexity index is 908. The SMILES string of the molecule is C[N+](C)(C)c1ccc(N=N/C(=N/Nc2ccccc2)c2ccccc2)cc1. The normalized spacial score (nSPS) is 12.3. The van der Waals surface area contributed by atoms with Crippen LogP contribution in [0, 0.1) is 0 Å². The van der Waals surface area contributed by atoms with Crippen LogP contribution in [0.5, 0.6) is 0 Å². The lowest BCUT2D eigenvalue weighted by molar-refractivity contribution is 0.486. The maximum Gasteiger partial charge on any atom is 0.201 e. The topological polar surface area (TPSA) is 49.1 Å². The van der Waals surface area contributed by atoms with Crippen molar-refractivity contribution in [2.24, 2.45) is 15.3 Å². The third-order valence-electron chi connectivity index (χ3n) is 3.98. The van der Waals surface area contributed by atoms with E-state index in [-0.39, 0.29) is 0 Å². The van der Waals surface area contributed by atoms with Crippen molar-refractivity contribution in [3.8, 4) is 0 Å². The fourth-order valence-corrected chi connectivity index (χ4v) is 2.43. The number of amidine groups is 1. The third-order valence-corrected chi connectivity index (χ3v) is 3.98. The van der Waals surface area contributed by atoms with Crippen LogP contribution in [0.2, 0.25) is 0 Å². The minimum atomic E-state index is 0.523. The molecule has 0 aliphatic rings. The zero-order valence-electron chi connectivity index (χ0n) is 15.9. The van der Waals surface area contributed by atoms with Gasteiger partial charge in [0.25, 0.3) is 0 Å². The number of nitrogens with one attached hydrogen (secondary N) is 1. The van der Waals surface area contributed by atoms with Gasteiger partial charge < -0.3 is 0 Å². The molecular formula is C22H24N5+. The van der Waals surface area contributed by atoms with E-state index in [9.17, 15) is 0 Å². The summed E-state index contributed by atoms with van der Waals surface area (Å²) >= 11 is 0. The van der Waals surface area contributed by atoms with E-state index in [1.807, 2.05) is 72.8 Å². The highest BCUT2D eigenvalue weighted by Gasteiger charge is 2.11. The molecule has 27 heavy (non-hydrogen) atoms. The Hall–Kier alpha value is -3.31. The molecule has 136 valence electrons. The zero-order chi connectivity index (χ0) is 19.1. The maximum atomic E-state index is 4.44. The van der Waals surface area contributed by atoms with Gasteiger partial charge in [-0.1, -0.05) is 48.5 Å². The number of para-hydroxylation sites is 1. The smallest absolute Gasteiger partial charge is 0.201 e. The summed E-state index contributed by atoms with van der Waals surface area (Å²) in [6, 6.07) is 27.6. The van der Waals surface area contributed by atoms with Crippen molar-refractivity contribution in [3.63, 3.8) is 0 Å². The van der Waals surface area contributed by atoms with Crippen molar-refractivity contribution in [2.45, 2.75) is 0 Å². The van der Waals surface area contributed by atoms with Gasteiger partial charge in [0, 0.05) is 17.7 Å². The predicted molar refractivity (Wildman–Crippen MR) is 114 cm³/mol. The number of hydrogen-bond acceptors (Lipinski definition) is 3. The molecular weight excluding hydrogens is 334 g/mol. The van der Waals surface area contributed by atoms with Gasteiger partial charge >= 0.3 is 0 Å². The van der Waals surface area contributed by atoms with Crippen molar-refractivity contribution < 1.29 is 0 Å². The fourth-order valence-electron chi connectivity index (χ4n) is 2.43. The van der Waals surface area contributed by atoms with Crippen LogP contribution in [0.4, 0.5) is 17.1 Å². The van der Waals surface area contributed by atoms with Crippen molar-refractivity contribution in [2.75, 3.05) is 26.6 Å². The second kappa shape index (κ2) is 8.38. The molecule has 0 aliphatic heterocycles. The van der Waals surface area contributed by atoms with Crippen molar-refractivity contribution in [1.82, 2.24) is 4.48 Å². The minimum Gasteiger partial charge on any atom is -0.298 e. The summed E-state index contributed by atoms with van der Waals surface area (Å²) in [4.78, 5) is 0. The van der Waals surface area contributed by atoms with E-state index in [4.69, 9.17) is 0 Å².